The Balaban J connectivity index is 2.50. The van der Waals surface area contributed by atoms with E-state index in [1.807, 2.05) is 18.2 Å². The van der Waals surface area contributed by atoms with E-state index < -0.39 is 5.97 Å². The van der Waals surface area contributed by atoms with Crippen molar-refractivity contribution < 1.29 is 19.6 Å². The van der Waals surface area contributed by atoms with Crippen molar-refractivity contribution in [3.05, 3.63) is 28.4 Å². The van der Waals surface area contributed by atoms with Gasteiger partial charge in [0.05, 0.1) is 19.3 Å². The van der Waals surface area contributed by atoms with Crippen LogP contribution in [0.3, 0.4) is 0 Å². The minimum absolute atomic E-state index is 0.177. The molecule has 0 aliphatic carbocycles. The van der Waals surface area contributed by atoms with Crippen molar-refractivity contribution in [3.8, 4) is 0 Å². The van der Waals surface area contributed by atoms with Crippen LogP contribution in [0.25, 0.3) is 10.9 Å². The first-order valence-corrected chi connectivity index (χ1v) is 7.42. The Kier molecular flexibility index (Phi) is 4.98. The van der Waals surface area contributed by atoms with Crippen LogP contribution in [-0.4, -0.2) is 37.1 Å². The monoisotopic (exact) mass is 354 g/mol. The molecule has 112 valence electrons. The molecular weight excluding hydrogens is 338 g/mol. The molecule has 0 fully saturated rings. The number of hydrogen-bond acceptors (Lipinski definition) is 3. The number of quaternary nitrogens is 1. The number of anilines is 1. The zero-order valence-corrected chi connectivity index (χ0v) is 13.4. The normalized spacial score (nSPS) is 10.6. The molecule has 1 aromatic heterocycles. The standard InChI is InChI=1S/C14H16BrN3O3/c1-3-21-14(20)13-12(18-11(19)7-16-2)9-6-8(15)4-5-10(9)17-13/h4-6,16-17H,3,7H2,1-2H3,(H,18,19)/p+1. The van der Waals surface area contributed by atoms with Crippen LogP contribution in [0.5, 0.6) is 0 Å². The van der Waals surface area contributed by atoms with Crippen LogP contribution in [0, 0.1) is 0 Å². The Morgan fingerprint density at radius 2 is 2.19 bits per heavy atom. The molecule has 6 nitrogen and oxygen atoms in total. The van der Waals surface area contributed by atoms with Crippen molar-refractivity contribution in [3.63, 3.8) is 0 Å². The molecule has 21 heavy (non-hydrogen) atoms. The number of fused-ring (bicyclic) bond motifs is 1. The van der Waals surface area contributed by atoms with E-state index in [4.69, 9.17) is 4.74 Å². The zero-order chi connectivity index (χ0) is 15.4. The zero-order valence-electron chi connectivity index (χ0n) is 11.8. The Labute approximate surface area is 130 Å². The number of nitrogens with one attached hydrogen (secondary N) is 2. The highest BCUT2D eigenvalue weighted by Gasteiger charge is 2.21. The molecule has 0 saturated carbocycles. The number of carbonyl (C=O) groups is 2. The lowest BCUT2D eigenvalue weighted by atomic mass is 10.2. The fourth-order valence-corrected chi connectivity index (χ4v) is 2.39. The maximum atomic E-state index is 12.0. The summed E-state index contributed by atoms with van der Waals surface area (Å²) >= 11 is 3.39. The van der Waals surface area contributed by atoms with Crippen molar-refractivity contribution in [2.24, 2.45) is 0 Å². The molecule has 7 heteroatoms. The van der Waals surface area contributed by atoms with Gasteiger partial charge < -0.3 is 20.4 Å². The average molecular weight is 355 g/mol. The number of carbonyl (C=O) groups excluding carboxylic acids is 2. The second-order valence-electron chi connectivity index (χ2n) is 4.45. The van der Waals surface area contributed by atoms with Crippen molar-refractivity contribution in [2.75, 3.05) is 25.5 Å². The third-order valence-corrected chi connectivity index (χ3v) is 3.39. The van der Waals surface area contributed by atoms with Crippen LogP contribution >= 0.6 is 15.9 Å². The summed E-state index contributed by atoms with van der Waals surface area (Å²) in [5.41, 5.74) is 1.48. The van der Waals surface area contributed by atoms with Gasteiger partial charge in [0, 0.05) is 15.4 Å². The van der Waals surface area contributed by atoms with Gasteiger partial charge in [0.15, 0.2) is 6.54 Å². The molecule has 0 bridgehead atoms. The van der Waals surface area contributed by atoms with Crippen molar-refractivity contribution in [2.45, 2.75) is 6.92 Å². The summed E-state index contributed by atoms with van der Waals surface area (Å²) in [5.74, 6) is -0.662. The van der Waals surface area contributed by atoms with Crippen LogP contribution in [-0.2, 0) is 9.53 Å². The van der Waals surface area contributed by atoms with Crippen LogP contribution in [0.1, 0.15) is 17.4 Å². The van der Waals surface area contributed by atoms with Gasteiger partial charge in [-0.1, -0.05) is 15.9 Å². The average Bonchev–Trinajstić information content (AvgIpc) is 2.78. The fraction of sp³-hybridized carbons (Fsp3) is 0.286. The van der Waals surface area contributed by atoms with E-state index in [9.17, 15) is 9.59 Å². The van der Waals surface area contributed by atoms with E-state index >= 15 is 0 Å². The maximum absolute atomic E-state index is 12.0. The van der Waals surface area contributed by atoms with E-state index in [2.05, 4.69) is 26.2 Å². The van der Waals surface area contributed by atoms with Crippen LogP contribution in [0.15, 0.2) is 22.7 Å². The lowest BCUT2D eigenvalue weighted by molar-refractivity contribution is -0.615. The summed E-state index contributed by atoms with van der Waals surface area (Å²) in [5, 5.41) is 5.29. The van der Waals surface area contributed by atoms with Crippen molar-refractivity contribution >= 4 is 44.4 Å². The van der Waals surface area contributed by atoms with Gasteiger partial charge in [-0.3, -0.25) is 4.79 Å². The minimum atomic E-state index is -0.486. The number of halogens is 1. The molecule has 0 unspecified atom stereocenters. The summed E-state index contributed by atoms with van der Waals surface area (Å²) in [7, 11) is 1.80. The van der Waals surface area contributed by atoms with Gasteiger partial charge in [0.2, 0.25) is 0 Å². The van der Waals surface area contributed by atoms with Crippen LogP contribution < -0.4 is 10.6 Å². The molecule has 2 rings (SSSR count). The van der Waals surface area contributed by atoms with Gasteiger partial charge in [0.1, 0.15) is 5.69 Å². The number of aromatic amines is 1. The Bertz CT molecular complexity index is 681. The van der Waals surface area contributed by atoms with E-state index in [0.29, 0.717) is 5.69 Å². The van der Waals surface area contributed by atoms with E-state index in [0.717, 1.165) is 15.4 Å². The molecule has 0 aliphatic rings. The van der Waals surface area contributed by atoms with E-state index in [-0.39, 0.29) is 24.8 Å². The summed E-state index contributed by atoms with van der Waals surface area (Å²) in [6.07, 6.45) is 0. The van der Waals surface area contributed by atoms with Gasteiger partial charge in [-0.15, -0.1) is 0 Å². The van der Waals surface area contributed by atoms with Crippen LogP contribution in [0.4, 0.5) is 5.69 Å². The summed E-state index contributed by atoms with van der Waals surface area (Å²) in [6, 6.07) is 5.54. The largest absolute Gasteiger partial charge is 0.461 e. The predicted octanol–water partition coefficient (Wildman–Crippen LogP) is 1.24. The van der Waals surface area contributed by atoms with Crippen molar-refractivity contribution in [1.82, 2.24) is 4.98 Å². The van der Waals surface area contributed by atoms with Gasteiger partial charge >= 0.3 is 5.97 Å². The summed E-state index contributed by atoms with van der Waals surface area (Å²) in [6.45, 7) is 2.29. The molecule has 1 amide bonds. The molecule has 1 heterocycles. The van der Waals surface area contributed by atoms with Gasteiger partial charge in [-0.05, 0) is 25.1 Å². The molecule has 0 radical (unpaired) electrons. The smallest absolute Gasteiger partial charge is 0.356 e. The quantitative estimate of drug-likeness (QED) is 0.705. The number of H-pyrrole nitrogens is 1. The highest BCUT2D eigenvalue weighted by atomic mass is 79.9. The first kappa shape index (κ1) is 15.5. The van der Waals surface area contributed by atoms with Crippen molar-refractivity contribution in [1.29, 1.82) is 0 Å². The number of rotatable bonds is 5. The number of nitrogens with two attached hydrogens (primary N) is 1. The van der Waals surface area contributed by atoms with Gasteiger partial charge in [-0.2, -0.15) is 0 Å². The maximum Gasteiger partial charge on any atom is 0.356 e. The first-order valence-electron chi connectivity index (χ1n) is 6.62. The number of hydrogen-bond donors (Lipinski definition) is 3. The molecule has 0 saturated heterocycles. The van der Waals surface area contributed by atoms with E-state index in [1.54, 1.807) is 19.3 Å². The Morgan fingerprint density at radius 1 is 1.43 bits per heavy atom. The number of likely N-dealkylation sites (N-methyl/N-ethyl adjacent to an activating group) is 1. The number of aromatic nitrogens is 1. The topological polar surface area (TPSA) is 87.8 Å². The number of benzene rings is 1. The molecule has 1 aromatic carbocycles. The molecule has 4 N–H and O–H groups in total. The van der Waals surface area contributed by atoms with Gasteiger partial charge in [-0.25, -0.2) is 4.79 Å². The highest BCUT2D eigenvalue weighted by molar-refractivity contribution is 9.10. The summed E-state index contributed by atoms with van der Waals surface area (Å²) < 4.78 is 5.89. The number of amides is 1. The van der Waals surface area contributed by atoms with Gasteiger partial charge in [0.25, 0.3) is 5.91 Å². The molecule has 0 aliphatic heterocycles. The summed E-state index contributed by atoms with van der Waals surface area (Å²) in [4.78, 5) is 26.9. The predicted molar refractivity (Wildman–Crippen MR) is 83.3 cm³/mol. The third-order valence-electron chi connectivity index (χ3n) is 2.89. The first-order chi connectivity index (χ1) is 10.1. The second kappa shape index (κ2) is 6.73. The minimum Gasteiger partial charge on any atom is -0.461 e. The SMILES string of the molecule is CCOC(=O)c1[nH]c2ccc(Br)cc2c1NC(=O)C[NH2+]C. The van der Waals surface area contributed by atoms with E-state index in [1.165, 1.54) is 0 Å². The Hall–Kier alpha value is -1.86. The molecular formula is C14H17BrN3O3+. The lowest BCUT2D eigenvalue weighted by Crippen LogP contribution is -2.82. The molecule has 0 spiro atoms. The fourth-order valence-electron chi connectivity index (χ4n) is 2.03. The molecule has 2 aromatic rings. The second-order valence-corrected chi connectivity index (χ2v) is 5.36. The highest BCUT2D eigenvalue weighted by Crippen LogP contribution is 2.30. The molecule has 0 atom stereocenters. The number of esters is 1. The Morgan fingerprint density at radius 3 is 2.86 bits per heavy atom. The van der Waals surface area contributed by atoms with Crippen LogP contribution in [0.2, 0.25) is 0 Å². The number of ether oxygens (including phenoxy) is 1. The lowest BCUT2D eigenvalue weighted by Gasteiger charge is -2.06. The third kappa shape index (κ3) is 3.43.